The van der Waals surface area contributed by atoms with E-state index in [1.165, 1.54) is 17.2 Å². The van der Waals surface area contributed by atoms with Crippen LogP contribution in [0.1, 0.15) is 47.7 Å². The molecule has 1 aromatic carbocycles. The van der Waals surface area contributed by atoms with Gasteiger partial charge in [-0.05, 0) is 30.0 Å². The van der Waals surface area contributed by atoms with Crippen molar-refractivity contribution >= 4 is 17.5 Å². The maximum atomic E-state index is 12.5. The first kappa shape index (κ1) is 19.4. The van der Waals surface area contributed by atoms with Crippen LogP contribution in [0.3, 0.4) is 0 Å². The maximum absolute atomic E-state index is 12.5. The highest BCUT2D eigenvalue weighted by Crippen LogP contribution is 2.42. The van der Waals surface area contributed by atoms with Gasteiger partial charge in [-0.1, -0.05) is 30.8 Å². The summed E-state index contributed by atoms with van der Waals surface area (Å²) < 4.78 is 0. The number of hydrogen-bond donors (Lipinski definition) is 1. The molecule has 0 radical (unpaired) electrons. The van der Waals surface area contributed by atoms with Crippen molar-refractivity contribution in [2.45, 2.75) is 57.0 Å². The van der Waals surface area contributed by atoms with Crippen molar-refractivity contribution in [1.82, 2.24) is 19.8 Å². The van der Waals surface area contributed by atoms with Crippen molar-refractivity contribution in [3.63, 3.8) is 0 Å². The van der Waals surface area contributed by atoms with E-state index in [0.717, 1.165) is 24.1 Å². The van der Waals surface area contributed by atoms with E-state index >= 15 is 0 Å². The molecule has 1 N–H and O–H groups in total. The largest absolute Gasteiger partial charge is 0.347 e. The molecular formula is C24H25N5O3. The minimum atomic E-state index is -0.411. The number of H-pyrrole nitrogens is 1. The van der Waals surface area contributed by atoms with Crippen molar-refractivity contribution < 1.29 is 9.59 Å². The number of amides is 1. The van der Waals surface area contributed by atoms with Crippen molar-refractivity contribution in [3.05, 3.63) is 69.8 Å². The first-order valence-corrected chi connectivity index (χ1v) is 11.2. The van der Waals surface area contributed by atoms with Crippen LogP contribution in [0.5, 0.6) is 0 Å². The zero-order valence-electron chi connectivity index (χ0n) is 17.8. The summed E-state index contributed by atoms with van der Waals surface area (Å²) in [4.78, 5) is 50.8. The number of rotatable bonds is 3. The molecule has 8 nitrogen and oxygen atoms in total. The Hall–Kier alpha value is -3.26. The van der Waals surface area contributed by atoms with Gasteiger partial charge in [0.1, 0.15) is 17.8 Å². The highest BCUT2D eigenvalue weighted by Gasteiger charge is 2.48. The Morgan fingerprint density at radius 3 is 2.88 bits per heavy atom. The molecule has 3 unspecified atom stereocenters. The molecule has 1 amide bonds. The normalized spacial score (nSPS) is 26.4. The Labute approximate surface area is 185 Å². The summed E-state index contributed by atoms with van der Waals surface area (Å²) in [7, 11) is 0. The fraction of sp³-hybridized carbons (Fsp3) is 0.417. The molecule has 6 rings (SSSR count). The highest BCUT2D eigenvalue weighted by molar-refractivity contribution is 5.92. The van der Waals surface area contributed by atoms with Crippen LogP contribution in [-0.4, -0.2) is 50.2 Å². The van der Waals surface area contributed by atoms with Crippen molar-refractivity contribution in [2.75, 3.05) is 11.4 Å². The van der Waals surface area contributed by atoms with Crippen LogP contribution in [-0.2, 0) is 29.1 Å². The van der Waals surface area contributed by atoms with Gasteiger partial charge in [0.05, 0.1) is 6.04 Å². The SMILES string of the molecule is C=CC(=O)N1C2CC(=O)CC1N(c1nc(=O)[nH]c3c1CN(C1CCc4ccccc41)C3)C2. The minimum absolute atomic E-state index is 0.140. The van der Waals surface area contributed by atoms with Crippen LogP contribution in [0.2, 0.25) is 0 Å². The third kappa shape index (κ3) is 2.86. The number of carbonyl (C=O) groups is 2. The number of nitrogens with zero attached hydrogens (tertiary/aromatic N) is 4. The molecule has 1 aromatic heterocycles. The van der Waals surface area contributed by atoms with Gasteiger partial charge in [-0.2, -0.15) is 4.98 Å². The lowest BCUT2D eigenvalue weighted by molar-refractivity contribution is -0.134. The second kappa shape index (κ2) is 7.13. The Balaban J connectivity index is 1.35. The van der Waals surface area contributed by atoms with Crippen molar-refractivity contribution in [3.8, 4) is 0 Å². The van der Waals surface area contributed by atoms with E-state index in [0.29, 0.717) is 37.9 Å². The summed E-state index contributed by atoms with van der Waals surface area (Å²) in [5, 5.41) is 0. The van der Waals surface area contributed by atoms with E-state index in [2.05, 4.69) is 45.7 Å². The highest BCUT2D eigenvalue weighted by atomic mass is 16.2. The summed E-state index contributed by atoms with van der Waals surface area (Å²) in [6.07, 6.45) is 3.60. The summed E-state index contributed by atoms with van der Waals surface area (Å²) in [5.41, 5.74) is 4.26. The Bertz CT molecular complexity index is 1200. The van der Waals surface area contributed by atoms with E-state index in [1.807, 2.05) is 4.90 Å². The Morgan fingerprint density at radius 1 is 1.19 bits per heavy atom. The van der Waals surface area contributed by atoms with E-state index < -0.39 is 6.17 Å². The number of aromatic nitrogens is 2. The molecule has 32 heavy (non-hydrogen) atoms. The summed E-state index contributed by atoms with van der Waals surface area (Å²) in [5.74, 6) is 0.573. The second-order valence-corrected chi connectivity index (χ2v) is 9.16. The van der Waals surface area contributed by atoms with Crippen molar-refractivity contribution in [2.24, 2.45) is 0 Å². The number of nitrogens with one attached hydrogen (secondary N) is 1. The molecule has 0 saturated carbocycles. The monoisotopic (exact) mass is 431 g/mol. The zero-order chi connectivity index (χ0) is 22.0. The second-order valence-electron chi connectivity index (χ2n) is 9.16. The zero-order valence-corrected chi connectivity index (χ0v) is 17.8. The molecule has 2 bridgehead atoms. The van der Waals surface area contributed by atoms with E-state index in [-0.39, 0.29) is 29.8 Å². The molecule has 164 valence electrons. The fourth-order valence-corrected chi connectivity index (χ4v) is 6.08. The molecule has 4 aliphatic rings. The van der Waals surface area contributed by atoms with Gasteiger partial charge >= 0.3 is 5.69 Å². The number of aryl methyl sites for hydroxylation is 1. The lowest BCUT2D eigenvalue weighted by atomic mass is 10.0. The molecule has 8 heteroatoms. The minimum Gasteiger partial charge on any atom is -0.333 e. The van der Waals surface area contributed by atoms with Gasteiger partial charge < -0.3 is 14.8 Å². The number of benzene rings is 1. The lowest BCUT2D eigenvalue weighted by Gasteiger charge is -2.34. The molecule has 2 aromatic rings. The predicted molar refractivity (Wildman–Crippen MR) is 118 cm³/mol. The van der Waals surface area contributed by atoms with Crippen LogP contribution < -0.4 is 10.6 Å². The molecule has 3 atom stereocenters. The number of fused-ring (bicyclic) bond motifs is 4. The quantitative estimate of drug-likeness (QED) is 0.744. The van der Waals surface area contributed by atoms with Gasteiger partial charge in [0, 0.05) is 49.8 Å². The third-order valence-corrected chi connectivity index (χ3v) is 7.42. The first-order chi connectivity index (χ1) is 15.5. The molecule has 3 aliphatic heterocycles. The number of carbonyl (C=O) groups excluding carboxylic acids is 2. The summed E-state index contributed by atoms with van der Waals surface area (Å²) in [6.45, 7) is 5.47. The number of Topliss-reactive ketones (excluding diaryl/α,β-unsaturated/α-hetero) is 1. The lowest BCUT2D eigenvalue weighted by Crippen LogP contribution is -2.49. The Kier molecular flexibility index (Phi) is 4.33. The summed E-state index contributed by atoms with van der Waals surface area (Å²) in [6, 6.07) is 8.67. The average Bonchev–Trinajstić information content (AvgIpc) is 3.45. The number of hydrogen-bond acceptors (Lipinski definition) is 6. The van der Waals surface area contributed by atoms with Crippen LogP contribution in [0.25, 0.3) is 0 Å². The number of ketones is 1. The van der Waals surface area contributed by atoms with Gasteiger partial charge in [-0.15, -0.1) is 0 Å². The van der Waals surface area contributed by atoms with Crippen LogP contribution >= 0.6 is 0 Å². The molecule has 2 saturated heterocycles. The molecule has 1 aliphatic carbocycles. The Morgan fingerprint density at radius 2 is 2.03 bits per heavy atom. The van der Waals surface area contributed by atoms with E-state index in [9.17, 15) is 14.4 Å². The van der Waals surface area contributed by atoms with Crippen LogP contribution in [0.4, 0.5) is 5.82 Å². The maximum Gasteiger partial charge on any atom is 0.347 e. The first-order valence-electron chi connectivity index (χ1n) is 11.2. The van der Waals surface area contributed by atoms with E-state index in [1.54, 1.807) is 4.90 Å². The van der Waals surface area contributed by atoms with Gasteiger partial charge in [-0.3, -0.25) is 14.5 Å². The van der Waals surface area contributed by atoms with Crippen molar-refractivity contribution in [1.29, 1.82) is 0 Å². The topological polar surface area (TPSA) is 89.6 Å². The van der Waals surface area contributed by atoms with Gasteiger partial charge in [-0.25, -0.2) is 4.79 Å². The molecule has 4 heterocycles. The predicted octanol–water partition coefficient (Wildman–Crippen LogP) is 1.67. The van der Waals surface area contributed by atoms with Crippen LogP contribution in [0.15, 0.2) is 41.7 Å². The number of aromatic amines is 1. The molecule has 2 fully saturated rings. The molecule has 0 spiro atoms. The molecular weight excluding hydrogens is 406 g/mol. The average molecular weight is 431 g/mol. The summed E-state index contributed by atoms with van der Waals surface area (Å²) >= 11 is 0. The van der Waals surface area contributed by atoms with Gasteiger partial charge in [0.15, 0.2) is 0 Å². The standard InChI is InChI=1S/C24H25N5O3/c1-2-22(31)29-15-9-16(30)10-21(29)28(11-15)23-18-12-27(13-19(18)25-24(32)26-23)20-8-7-14-5-3-4-6-17(14)20/h2-6,15,20-21H,1,7-13H2,(H,25,26,32). The van der Waals surface area contributed by atoms with Gasteiger partial charge in [0.25, 0.3) is 0 Å². The fourth-order valence-electron chi connectivity index (χ4n) is 6.08. The smallest absolute Gasteiger partial charge is 0.333 e. The van der Waals surface area contributed by atoms with E-state index in [4.69, 9.17) is 0 Å². The number of piperidine rings is 1. The van der Waals surface area contributed by atoms with Gasteiger partial charge in [0.2, 0.25) is 5.91 Å². The third-order valence-electron chi connectivity index (χ3n) is 7.42. The van der Waals surface area contributed by atoms with Crippen LogP contribution in [0, 0.1) is 0 Å². The number of anilines is 1.